The number of nitrogens with zero attached hydrogens (tertiary/aromatic N) is 1. The Bertz CT molecular complexity index is 357. The van der Waals surface area contributed by atoms with E-state index in [0.717, 1.165) is 29.8 Å². The number of nitrogens with one attached hydrogen (secondary N) is 2. The minimum atomic E-state index is 0.662. The molecule has 0 unspecified atom stereocenters. The Balaban J connectivity index is 2.54. The van der Waals surface area contributed by atoms with Gasteiger partial charge in [0.1, 0.15) is 0 Å². The highest BCUT2D eigenvalue weighted by Gasteiger charge is 1.97. The highest BCUT2D eigenvalue weighted by Crippen LogP contribution is 2.18. The normalized spacial score (nSPS) is 9.67. The highest BCUT2D eigenvalue weighted by molar-refractivity contribution is 9.10. The first-order valence-electron chi connectivity index (χ1n) is 4.91. The van der Waals surface area contributed by atoms with Gasteiger partial charge in [-0.25, -0.2) is 0 Å². The molecule has 2 N–H and O–H groups in total. The quantitative estimate of drug-likeness (QED) is 0.806. The smallest absolute Gasteiger partial charge is 0.0992 e. The molecule has 0 spiro atoms. The van der Waals surface area contributed by atoms with Crippen molar-refractivity contribution >= 4 is 21.6 Å². The van der Waals surface area contributed by atoms with E-state index in [0.29, 0.717) is 5.56 Å². The molecule has 1 aromatic rings. The molecule has 1 rings (SSSR count). The summed E-state index contributed by atoms with van der Waals surface area (Å²) in [5.74, 6) is 0. The summed E-state index contributed by atoms with van der Waals surface area (Å²) in [4.78, 5) is 0. The molecule has 4 heteroatoms. The molecular weight excluding hydrogens is 254 g/mol. The number of anilines is 1. The third-order valence-electron chi connectivity index (χ3n) is 1.91. The van der Waals surface area contributed by atoms with Gasteiger partial charge in [0.2, 0.25) is 0 Å². The van der Waals surface area contributed by atoms with Gasteiger partial charge < -0.3 is 10.6 Å². The molecule has 0 atom stereocenters. The highest BCUT2D eigenvalue weighted by atomic mass is 79.9. The molecule has 0 aromatic heterocycles. The maximum absolute atomic E-state index is 8.79. The fourth-order valence-corrected chi connectivity index (χ4v) is 1.72. The number of hydrogen-bond donors (Lipinski definition) is 2. The van der Waals surface area contributed by atoms with Crippen LogP contribution in [0.5, 0.6) is 0 Å². The van der Waals surface area contributed by atoms with E-state index in [1.54, 1.807) is 6.07 Å². The second-order valence-electron chi connectivity index (χ2n) is 3.12. The molecule has 0 aliphatic rings. The van der Waals surface area contributed by atoms with Crippen LogP contribution >= 0.6 is 15.9 Å². The number of likely N-dealkylation sites (N-methyl/N-ethyl adjacent to an activating group) is 1. The van der Waals surface area contributed by atoms with Crippen molar-refractivity contribution in [1.82, 2.24) is 5.32 Å². The predicted octanol–water partition coefficient (Wildman–Crippen LogP) is 2.34. The number of hydrogen-bond acceptors (Lipinski definition) is 3. The Morgan fingerprint density at radius 1 is 1.33 bits per heavy atom. The number of halogens is 1. The molecule has 0 aliphatic heterocycles. The number of benzene rings is 1. The lowest BCUT2D eigenvalue weighted by Gasteiger charge is -2.07. The van der Waals surface area contributed by atoms with Gasteiger partial charge in [0.25, 0.3) is 0 Å². The molecule has 1 aromatic carbocycles. The van der Waals surface area contributed by atoms with Crippen molar-refractivity contribution in [2.24, 2.45) is 0 Å². The Morgan fingerprint density at radius 3 is 2.80 bits per heavy atom. The maximum Gasteiger partial charge on any atom is 0.0992 e. The van der Waals surface area contributed by atoms with E-state index in [1.165, 1.54) is 0 Å². The Kier molecular flexibility index (Phi) is 5.16. The summed E-state index contributed by atoms with van der Waals surface area (Å²) < 4.78 is 0.924. The van der Waals surface area contributed by atoms with E-state index in [1.807, 2.05) is 12.1 Å². The topological polar surface area (TPSA) is 47.8 Å². The molecule has 3 nitrogen and oxygen atoms in total. The summed E-state index contributed by atoms with van der Waals surface area (Å²) in [7, 11) is 0. The first kappa shape index (κ1) is 12.0. The Hall–Kier alpha value is -1.05. The Labute approximate surface area is 98.6 Å². The van der Waals surface area contributed by atoms with Crippen molar-refractivity contribution in [2.45, 2.75) is 6.92 Å². The lowest BCUT2D eigenvalue weighted by Crippen LogP contribution is -2.21. The number of rotatable bonds is 5. The molecule has 0 amide bonds. The fourth-order valence-electron chi connectivity index (χ4n) is 1.23. The lowest BCUT2D eigenvalue weighted by molar-refractivity contribution is 0.739. The monoisotopic (exact) mass is 267 g/mol. The van der Waals surface area contributed by atoms with Crippen LogP contribution in [0.4, 0.5) is 5.69 Å². The van der Waals surface area contributed by atoms with Gasteiger partial charge in [-0.3, -0.25) is 0 Å². The van der Waals surface area contributed by atoms with Crippen molar-refractivity contribution in [3.63, 3.8) is 0 Å². The summed E-state index contributed by atoms with van der Waals surface area (Å²) in [6.45, 7) is 4.83. The standard InChI is InChI=1S/C11H14BrN3/c1-2-14-3-4-15-11-6-9(8-13)5-10(12)7-11/h5-7,14-15H,2-4H2,1H3. The summed E-state index contributed by atoms with van der Waals surface area (Å²) in [5.41, 5.74) is 1.63. The average molecular weight is 268 g/mol. The third kappa shape index (κ3) is 4.32. The zero-order valence-corrected chi connectivity index (χ0v) is 10.3. The molecule has 15 heavy (non-hydrogen) atoms. The molecule has 0 fully saturated rings. The fraction of sp³-hybridized carbons (Fsp3) is 0.364. The van der Waals surface area contributed by atoms with Gasteiger partial charge in [-0.2, -0.15) is 5.26 Å². The van der Waals surface area contributed by atoms with E-state index in [9.17, 15) is 0 Å². The summed E-state index contributed by atoms with van der Waals surface area (Å²) in [6.07, 6.45) is 0. The van der Waals surface area contributed by atoms with E-state index in [-0.39, 0.29) is 0 Å². The van der Waals surface area contributed by atoms with Crippen LogP contribution in [0, 0.1) is 11.3 Å². The van der Waals surface area contributed by atoms with Crippen LogP contribution < -0.4 is 10.6 Å². The molecule has 0 radical (unpaired) electrons. The molecule has 0 saturated carbocycles. The second kappa shape index (κ2) is 6.44. The van der Waals surface area contributed by atoms with E-state index >= 15 is 0 Å². The van der Waals surface area contributed by atoms with Crippen LogP contribution in [0.2, 0.25) is 0 Å². The van der Waals surface area contributed by atoms with Crippen LogP contribution in [0.3, 0.4) is 0 Å². The third-order valence-corrected chi connectivity index (χ3v) is 2.37. The van der Waals surface area contributed by atoms with Gasteiger partial charge in [-0.1, -0.05) is 22.9 Å². The zero-order valence-electron chi connectivity index (χ0n) is 8.68. The maximum atomic E-state index is 8.79. The molecule has 0 aliphatic carbocycles. The van der Waals surface area contributed by atoms with Crippen LogP contribution in [0.25, 0.3) is 0 Å². The largest absolute Gasteiger partial charge is 0.384 e. The van der Waals surface area contributed by atoms with E-state index < -0.39 is 0 Å². The van der Waals surface area contributed by atoms with Crippen molar-refractivity contribution in [3.05, 3.63) is 28.2 Å². The molecule has 0 bridgehead atoms. The van der Waals surface area contributed by atoms with Crippen molar-refractivity contribution < 1.29 is 0 Å². The van der Waals surface area contributed by atoms with Crippen LogP contribution in [-0.4, -0.2) is 19.6 Å². The van der Waals surface area contributed by atoms with E-state index in [2.05, 4.69) is 39.6 Å². The SMILES string of the molecule is CCNCCNc1cc(Br)cc(C#N)c1. The minimum Gasteiger partial charge on any atom is -0.384 e. The summed E-state index contributed by atoms with van der Waals surface area (Å²) in [6, 6.07) is 7.73. The van der Waals surface area contributed by atoms with Crippen molar-refractivity contribution in [3.8, 4) is 6.07 Å². The van der Waals surface area contributed by atoms with Crippen LogP contribution in [0.15, 0.2) is 22.7 Å². The average Bonchev–Trinajstić information content (AvgIpc) is 2.23. The summed E-state index contributed by atoms with van der Waals surface area (Å²) >= 11 is 3.37. The van der Waals surface area contributed by atoms with E-state index in [4.69, 9.17) is 5.26 Å². The minimum absolute atomic E-state index is 0.662. The molecule has 0 heterocycles. The van der Waals surface area contributed by atoms with Crippen molar-refractivity contribution in [2.75, 3.05) is 25.0 Å². The van der Waals surface area contributed by atoms with Crippen LogP contribution in [0.1, 0.15) is 12.5 Å². The first-order valence-corrected chi connectivity index (χ1v) is 5.71. The Morgan fingerprint density at radius 2 is 2.13 bits per heavy atom. The summed E-state index contributed by atoms with van der Waals surface area (Å²) in [5, 5.41) is 15.3. The van der Waals surface area contributed by atoms with Gasteiger partial charge in [0.05, 0.1) is 11.6 Å². The van der Waals surface area contributed by atoms with Gasteiger partial charge in [-0.15, -0.1) is 0 Å². The molecule has 0 saturated heterocycles. The second-order valence-corrected chi connectivity index (χ2v) is 4.04. The predicted molar refractivity (Wildman–Crippen MR) is 65.9 cm³/mol. The number of nitriles is 1. The van der Waals surface area contributed by atoms with Gasteiger partial charge in [0.15, 0.2) is 0 Å². The molecule has 80 valence electrons. The van der Waals surface area contributed by atoms with Gasteiger partial charge in [-0.05, 0) is 24.7 Å². The first-order chi connectivity index (χ1) is 7.26. The lowest BCUT2D eigenvalue weighted by atomic mass is 10.2. The van der Waals surface area contributed by atoms with Crippen molar-refractivity contribution in [1.29, 1.82) is 5.26 Å². The zero-order chi connectivity index (χ0) is 11.1. The van der Waals surface area contributed by atoms with Gasteiger partial charge >= 0.3 is 0 Å². The van der Waals surface area contributed by atoms with Gasteiger partial charge in [0, 0.05) is 23.2 Å². The van der Waals surface area contributed by atoms with Crippen LogP contribution in [-0.2, 0) is 0 Å². The molecular formula is C11H14BrN3.